The minimum atomic E-state index is -0.217. The van der Waals surface area contributed by atoms with Crippen LogP contribution in [0.15, 0.2) is 46.9 Å². The van der Waals surface area contributed by atoms with Crippen LogP contribution < -0.4 is 0 Å². The normalized spacial score (nSPS) is 10.1. The molecule has 0 aliphatic rings. The van der Waals surface area contributed by atoms with E-state index in [4.69, 9.17) is 0 Å². The Morgan fingerprint density at radius 1 is 1.07 bits per heavy atom. The fraction of sp³-hybridized carbons (Fsp3) is 0. The van der Waals surface area contributed by atoms with E-state index in [-0.39, 0.29) is 5.82 Å². The first-order valence-corrected chi connectivity index (χ1v) is 4.98. The lowest BCUT2D eigenvalue weighted by Crippen LogP contribution is -1.82. The van der Waals surface area contributed by atoms with Gasteiger partial charge < -0.3 is 0 Å². The largest absolute Gasteiger partial charge is 0.206 e. The van der Waals surface area contributed by atoms with Gasteiger partial charge in [-0.25, -0.2) is 4.39 Å². The Morgan fingerprint density at radius 2 is 1.79 bits per heavy atom. The molecule has 0 nitrogen and oxygen atoms in total. The molecule has 2 heteroatoms. The summed E-state index contributed by atoms with van der Waals surface area (Å²) >= 11 is 3.33. The van der Waals surface area contributed by atoms with Crippen molar-refractivity contribution < 1.29 is 4.39 Å². The highest BCUT2D eigenvalue weighted by Crippen LogP contribution is 2.23. The van der Waals surface area contributed by atoms with Crippen molar-refractivity contribution >= 4 is 15.9 Å². The standard InChI is InChI=1S/C12H7BrF/c13-10-7-5-9(6-8-10)11-3-1-2-4-12(11)14/h2-8H. The van der Waals surface area contributed by atoms with E-state index < -0.39 is 0 Å². The molecular formula is C12H7BrF. The van der Waals surface area contributed by atoms with Crippen LogP contribution >= 0.6 is 15.9 Å². The van der Waals surface area contributed by atoms with Crippen molar-refractivity contribution in [1.29, 1.82) is 0 Å². The summed E-state index contributed by atoms with van der Waals surface area (Å²) in [6.45, 7) is 0. The van der Waals surface area contributed by atoms with E-state index in [9.17, 15) is 4.39 Å². The van der Waals surface area contributed by atoms with Crippen LogP contribution in [0, 0.1) is 11.9 Å². The molecule has 0 N–H and O–H groups in total. The predicted octanol–water partition coefficient (Wildman–Crippen LogP) is 4.06. The Morgan fingerprint density at radius 3 is 2.43 bits per heavy atom. The Bertz CT molecular complexity index is 434. The fourth-order valence-corrected chi connectivity index (χ4v) is 1.53. The number of halogens is 2. The third kappa shape index (κ3) is 1.85. The Hall–Kier alpha value is -1.15. The highest BCUT2D eigenvalue weighted by atomic mass is 79.9. The van der Waals surface area contributed by atoms with Crippen LogP contribution in [-0.2, 0) is 0 Å². The number of benzene rings is 2. The molecule has 0 aliphatic heterocycles. The molecule has 0 fully saturated rings. The topological polar surface area (TPSA) is 0 Å². The van der Waals surface area contributed by atoms with Crippen LogP contribution in [0.2, 0.25) is 0 Å². The minimum absolute atomic E-state index is 0.217. The zero-order valence-electron chi connectivity index (χ0n) is 7.30. The van der Waals surface area contributed by atoms with Gasteiger partial charge in [-0.2, -0.15) is 0 Å². The molecule has 14 heavy (non-hydrogen) atoms. The molecular weight excluding hydrogens is 243 g/mol. The van der Waals surface area contributed by atoms with Gasteiger partial charge in [0.05, 0.1) is 0 Å². The molecule has 0 saturated heterocycles. The van der Waals surface area contributed by atoms with Gasteiger partial charge in [-0.05, 0) is 35.9 Å². The second-order valence-electron chi connectivity index (χ2n) is 2.91. The molecule has 1 radical (unpaired) electrons. The molecule has 0 amide bonds. The molecule has 2 aromatic rings. The van der Waals surface area contributed by atoms with Crippen molar-refractivity contribution in [2.75, 3.05) is 0 Å². The molecule has 0 saturated carbocycles. The molecule has 0 aliphatic carbocycles. The third-order valence-corrected chi connectivity index (χ3v) is 2.49. The van der Waals surface area contributed by atoms with Crippen LogP contribution in [0.4, 0.5) is 4.39 Å². The zero-order chi connectivity index (χ0) is 9.97. The second kappa shape index (κ2) is 3.93. The first-order valence-electron chi connectivity index (χ1n) is 4.19. The van der Waals surface area contributed by atoms with Crippen LogP contribution in [-0.4, -0.2) is 0 Å². The Balaban J connectivity index is 2.50. The molecule has 0 atom stereocenters. The van der Waals surface area contributed by atoms with Crippen LogP contribution in [0.3, 0.4) is 0 Å². The fourth-order valence-electron chi connectivity index (χ4n) is 1.26. The van der Waals surface area contributed by atoms with E-state index in [1.165, 1.54) is 6.07 Å². The van der Waals surface area contributed by atoms with Crippen molar-refractivity contribution in [1.82, 2.24) is 0 Å². The molecule has 0 unspecified atom stereocenters. The second-order valence-corrected chi connectivity index (χ2v) is 3.83. The van der Waals surface area contributed by atoms with E-state index in [0.29, 0.717) is 5.56 Å². The molecule has 69 valence electrons. The molecule has 0 spiro atoms. The Labute approximate surface area is 90.5 Å². The summed E-state index contributed by atoms with van der Waals surface area (Å²) in [7, 11) is 0. The SMILES string of the molecule is Fc1cc[c]cc1-c1ccc(Br)cc1. The van der Waals surface area contributed by atoms with Gasteiger partial charge in [0.25, 0.3) is 0 Å². The average Bonchev–Trinajstić information content (AvgIpc) is 2.20. The summed E-state index contributed by atoms with van der Waals surface area (Å²) in [6.07, 6.45) is 0. The van der Waals surface area contributed by atoms with Crippen molar-refractivity contribution in [3.05, 3.63) is 58.8 Å². The summed E-state index contributed by atoms with van der Waals surface area (Å²) in [5, 5.41) is 0. The van der Waals surface area contributed by atoms with E-state index in [1.807, 2.05) is 24.3 Å². The summed E-state index contributed by atoms with van der Waals surface area (Å²) in [4.78, 5) is 0. The maximum atomic E-state index is 13.3. The maximum absolute atomic E-state index is 13.3. The van der Waals surface area contributed by atoms with Gasteiger partial charge in [0.2, 0.25) is 0 Å². The van der Waals surface area contributed by atoms with Crippen LogP contribution in [0.5, 0.6) is 0 Å². The maximum Gasteiger partial charge on any atom is 0.131 e. The summed E-state index contributed by atoms with van der Waals surface area (Å²) in [5.74, 6) is -0.217. The van der Waals surface area contributed by atoms with Crippen molar-refractivity contribution in [3.8, 4) is 11.1 Å². The van der Waals surface area contributed by atoms with Crippen LogP contribution in [0.1, 0.15) is 0 Å². The molecule has 0 aromatic heterocycles. The van der Waals surface area contributed by atoms with Crippen LogP contribution in [0.25, 0.3) is 11.1 Å². The number of rotatable bonds is 1. The van der Waals surface area contributed by atoms with Crippen molar-refractivity contribution in [3.63, 3.8) is 0 Å². The van der Waals surface area contributed by atoms with Gasteiger partial charge in [-0.3, -0.25) is 0 Å². The number of hydrogen-bond donors (Lipinski definition) is 0. The predicted molar refractivity (Wildman–Crippen MR) is 58.4 cm³/mol. The van der Waals surface area contributed by atoms with Crippen molar-refractivity contribution in [2.24, 2.45) is 0 Å². The highest BCUT2D eigenvalue weighted by molar-refractivity contribution is 9.10. The highest BCUT2D eigenvalue weighted by Gasteiger charge is 2.02. The molecule has 2 rings (SSSR count). The summed E-state index contributed by atoms with van der Waals surface area (Å²) < 4.78 is 14.3. The third-order valence-electron chi connectivity index (χ3n) is 1.97. The van der Waals surface area contributed by atoms with Crippen molar-refractivity contribution in [2.45, 2.75) is 0 Å². The lowest BCUT2D eigenvalue weighted by molar-refractivity contribution is 0.631. The lowest BCUT2D eigenvalue weighted by atomic mass is 10.1. The minimum Gasteiger partial charge on any atom is -0.206 e. The van der Waals surface area contributed by atoms with Gasteiger partial charge in [-0.15, -0.1) is 0 Å². The van der Waals surface area contributed by atoms with Gasteiger partial charge in [0.15, 0.2) is 0 Å². The van der Waals surface area contributed by atoms with Gasteiger partial charge >= 0.3 is 0 Å². The monoisotopic (exact) mass is 249 g/mol. The zero-order valence-corrected chi connectivity index (χ0v) is 8.88. The van der Waals surface area contributed by atoms with E-state index >= 15 is 0 Å². The Kier molecular flexibility index (Phi) is 2.64. The summed E-state index contributed by atoms with van der Waals surface area (Å²) in [6, 6.07) is 15.0. The quantitative estimate of drug-likeness (QED) is 0.716. The van der Waals surface area contributed by atoms with E-state index in [0.717, 1.165) is 10.0 Å². The smallest absolute Gasteiger partial charge is 0.131 e. The first kappa shape index (κ1) is 9.41. The summed E-state index contributed by atoms with van der Waals surface area (Å²) in [5.41, 5.74) is 1.45. The van der Waals surface area contributed by atoms with Gasteiger partial charge in [-0.1, -0.05) is 34.1 Å². The van der Waals surface area contributed by atoms with Gasteiger partial charge in [0, 0.05) is 10.0 Å². The lowest BCUT2D eigenvalue weighted by Gasteiger charge is -2.02. The average molecular weight is 250 g/mol. The molecule has 0 bridgehead atoms. The van der Waals surface area contributed by atoms with E-state index in [2.05, 4.69) is 22.0 Å². The molecule has 0 heterocycles. The van der Waals surface area contributed by atoms with Gasteiger partial charge in [0.1, 0.15) is 5.82 Å². The first-order chi connectivity index (χ1) is 6.77. The number of hydrogen-bond acceptors (Lipinski definition) is 0. The molecule has 2 aromatic carbocycles. The van der Waals surface area contributed by atoms with E-state index in [1.54, 1.807) is 12.1 Å².